The lowest BCUT2D eigenvalue weighted by atomic mass is 10.2. The third-order valence-corrected chi connectivity index (χ3v) is 6.60. The van der Waals surface area contributed by atoms with Crippen molar-refractivity contribution in [2.75, 3.05) is 60.6 Å². The number of rotatable bonds is 5. The molecule has 2 saturated heterocycles. The molecule has 2 aliphatic rings. The number of hydrogen-bond donors (Lipinski definition) is 0. The Bertz CT molecular complexity index is 934. The molecule has 0 amide bonds. The Kier molecular flexibility index (Phi) is 5.85. The minimum Gasteiger partial charge on any atom is -0.369 e. The van der Waals surface area contributed by atoms with Crippen molar-refractivity contribution < 1.29 is 4.52 Å². The van der Waals surface area contributed by atoms with Gasteiger partial charge in [-0.2, -0.15) is 16.7 Å². The lowest BCUT2D eigenvalue weighted by Gasteiger charge is -2.35. The molecule has 5 rings (SSSR count). The second-order valence-corrected chi connectivity index (χ2v) is 8.84. The summed E-state index contributed by atoms with van der Waals surface area (Å²) in [6.07, 6.45) is 1.85. The molecule has 0 N–H and O–H groups in total. The van der Waals surface area contributed by atoms with Gasteiger partial charge in [0.1, 0.15) is 5.82 Å². The summed E-state index contributed by atoms with van der Waals surface area (Å²) in [5.41, 5.74) is 2.19. The Morgan fingerprint density at radius 1 is 0.867 bits per heavy atom. The van der Waals surface area contributed by atoms with Gasteiger partial charge in [-0.05, 0) is 24.3 Å². The fraction of sp³-hybridized carbons (Fsp3) is 0.409. The van der Waals surface area contributed by atoms with Crippen molar-refractivity contribution in [1.82, 2.24) is 20.0 Å². The van der Waals surface area contributed by atoms with E-state index in [0.717, 1.165) is 62.2 Å². The summed E-state index contributed by atoms with van der Waals surface area (Å²) in [5.74, 6) is 4.63. The predicted molar refractivity (Wildman–Crippen MR) is 121 cm³/mol. The van der Waals surface area contributed by atoms with Crippen LogP contribution in [0, 0.1) is 0 Å². The molecule has 0 radical (unpaired) electrons. The zero-order valence-corrected chi connectivity index (χ0v) is 17.8. The minimum absolute atomic E-state index is 0.612. The van der Waals surface area contributed by atoms with Gasteiger partial charge in [0, 0.05) is 68.2 Å². The number of aromatic nitrogens is 3. The zero-order valence-electron chi connectivity index (χ0n) is 17.0. The maximum absolute atomic E-state index is 5.52. The summed E-state index contributed by atoms with van der Waals surface area (Å²) in [6.45, 7) is 6.78. The van der Waals surface area contributed by atoms with Crippen LogP contribution in [0.4, 0.5) is 11.5 Å². The second kappa shape index (κ2) is 9.06. The molecule has 2 aliphatic heterocycles. The highest BCUT2D eigenvalue weighted by Crippen LogP contribution is 2.22. The van der Waals surface area contributed by atoms with Gasteiger partial charge in [0.05, 0.1) is 6.54 Å². The van der Waals surface area contributed by atoms with Crippen LogP contribution in [-0.2, 0) is 6.54 Å². The SMILES string of the molecule is c1ccc(N2CCN(Cc3nc(-c4ccc(N5CCSCC5)nc4)no3)CC2)cc1. The summed E-state index contributed by atoms with van der Waals surface area (Å²) in [7, 11) is 0. The van der Waals surface area contributed by atoms with Crippen LogP contribution < -0.4 is 9.80 Å². The number of nitrogens with zero attached hydrogens (tertiary/aromatic N) is 6. The van der Waals surface area contributed by atoms with Gasteiger partial charge in [-0.25, -0.2) is 4.98 Å². The number of piperazine rings is 1. The third-order valence-electron chi connectivity index (χ3n) is 5.66. The first-order chi connectivity index (χ1) is 14.8. The molecule has 3 aromatic rings. The molecule has 1 aromatic carbocycles. The maximum atomic E-state index is 5.52. The van der Waals surface area contributed by atoms with E-state index in [1.54, 1.807) is 0 Å². The Morgan fingerprint density at radius 2 is 1.67 bits per heavy atom. The van der Waals surface area contributed by atoms with Crippen LogP contribution in [0.2, 0.25) is 0 Å². The van der Waals surface area contributed by atoms with Gasteiger partial charge >= 0.3 is 0 Å². The lowest BCUT2D eigenvalue weighted by molar-refractivity contribution is 0.215. The highest BCUT2D eigenvalue weighted by atomic mass is 32.2. The van der Waals surface area contributed by atoms with E-state index < -0.39 is 0 Å². The molecule has 0 unspecified atom stereocenters. The smallest absolute Gasteiger partial charge is 0.241 e. The lowest BCUT2D eigenvalue weighted by Crippen LogP contribution is -2.46. The van der Waals surface area contributed by atoms with Gasteiger partial charge in [0.15, 0.2) is 0 Å². The highest BCUT2D eigenvalue weighted by molar-refractivity contribution is 7.99. The summed E-state index contributed by atoms with van der Waals surface area (Å²) in [5, 5.41) is 4.18. The largest absolute Gasteiger partial charge is 0.369 e. The molecule has 2 aromatic heterocycles. The molecule has 2 fully saturated rings. The van der Waals surface area contributed by atoms with Crippen LogP contribution in [0.25, 0.3) is 11.4 Å². The molecular weight excluding hydrogens is 396 g/mol. The predicted octanol–water partition coefficient (Wildman–Crippen LogP) is 3.01. The van der Waals surface area contributed by atoms with Crippen molar-refractivity contribution in [2.45, 2.75) is 6.54 Å². The van der Waals surface area contributed by atoms with E-state index in [9.17, 15) is 0 Å². The maximum Gasteiger partial charge on any atom is 0.241 e. The second-order valence-electron chi connectivity index (χ2n) is 7.61. The van der Waals surface area contributed by atoms with Gasteiger partial charge in [-0.15, -0.1) is 0 Å². The summed E-state index contributed by atoms with van der Waals surface area (Å²) >= 11 is 2.00. The first-order valence-electron chi connectivity index (χ1n) is 10.5. The van der Waals surface area contributed by atoms with E-state index >= 15 is 0 Å². The third kappa shape index (κ3) is 4.44. The highest BCUT2D eigenvalue weighted by Gasteiger charge is 2.20. The Labute approximate surface area is 181 Å². The van der Waals surface area contributed by atoms with E-state index in [-0.39, 0.29) is 0 Å². The summed E-state index contributed by atoms with van der Waals surface area (Å²) in [6, 6.07) is 14.7. The van der Waals surface area contributed by atoms with Crippen molar-refractivity contribution >= 4 is 23.3 Å². The number of benzene rings is 1. The van der Waals surface area contributed by atoms with E-state index in [4.69, 9.17) is 4.52 Å². The molecule has 7 nitrogen and oxygen atoms in total. The molecule has 0 atom stereocenters. The average Bonchev–Trinajstić information content (AvgIpc) is 3.29. The standard InChI is InChI=1S/C22H26N6OS/c1-2-4-19(5-3-1)27-10-8-26(9-11-27)17-21-24-22(25-29-21)18-6-7-20(23-16-18)28-12-14-30-15-13-28/h1-7,16H,8-15,17H2. The summed E-state index contributed by atoms with van der Waals surface area (Å²) < 4.78 is 5.52. The van der Waals surface area contributed by atoms with Crippen molar-refractivity contribution in [3.05, 3.63) is 54.6 Å². The van der Waals surface area contributed by atoms with E-state index in [1.165, 1.54) is 5.69 Å². The van der Waals surface area contributed by atoms with Crippen molar-refractivity contribution in [3.8, 4) is 11.4 Å². The van der Waals surface area contributed by atoms with Crippen LogP contribution in [0.1, 0.15) is 5.89 Å². The van der Waals surface area contributed by atoms with Gasteiger partial charge in [-0.3, -0.25) is 4.90 Å². The Balaban J connectivity index is 1.17. The van der Waals surface area contributed by atoms with E-state index in [0.29, 0.717) is 18.3 Å². The van der Waals surface area contributed by atoms with Crippen molar-refractivity contribution in [3.63, 3.8) is 0 Å². The Morgan fingerprint density at radius 3 is 2.40 bits per heavy atom. The number of pyridine rings is 1. The van der Waals surface area contributed by atoms with Gasteiger partial charge < -0.3 is 14.3 Å². The molecule has 0 aliphatic carbocycles. The number of hydrogen-bond acceptors (Lipinski definition) is 8. The normalized spacial score (nSPS) is 18.0. The monoisotopic (exact) mass is 422 g/mol. The summed E-state index contributed by atoms with van der Waals surface area (Å²) in [4.78, 5) is 16.3. The molecule has 8 heteroatoms. The van der Waals surface area contributed by atoms with Crippen LogP contribution in [0.15, 0.2) is 53.2 Å². The van der Waals surface area contributed by atoms with Crippen LogP contribution in [0.3, 0.4) is 0 Å². The van der Waals surface area contributed by atoms with Crippen molar-refractivity contribution in [2.24, 2.45) is 0 Å². The van der Waals surface area contributed by atoms with E-state index in [2.05, 4.69) is 66.2 Å². The molecule has 0 bridgehead atoms. The minimum atomic E-state index is 0.612. The molecule has 4 heterocycles. The van der Waals surface area contributed by atoms with Crippen LogP contribution in [-0.4, -0.2) is 70.8 Å². The van der Waals surface area contributed by atoms with E-state index in [1.807, 2.05) is 24.0 Å². The Hall–Kier alpha value is -2.58. The molecule has 0 saturated carbocycles. The number of thioether (sulfide) groups is 1. The van der Waals surface area contributed by atoms with Gasteiger partial charge in [0.25, 0.3) is 0 Å². The first-order valence-corrected chi connectivity index (χ1v) is 11.6. The fourth-order valence-corrected chi connectivity index (χ4v) is 4.83. The number of anilines is 2. The molecule has 156 valence electrons. The van der Waals surface area contributed by atoms with Crippen molar-refractivity contribution in [1.29, 1.82) is 0 Å². The van der Waals surface area contributed by atoms with Gasteiger partial charge in [0.2, 0.25) is 11.7 Å². The number of para-hydroxylation sites is 1. The first kappa shape index (κ1) is 19.4. The van der Waals surface area contributed by atoms with Crippen LogP contribution in [0.5, 0.6) is 0 Å². The average molecular weight is 423 g/mol. The molecule has 0 spiro atoms. The van der Waals surface area contributed by atoms with Gasteiger partial charge in [-0.1, -0.05) is 23.4 Å². The zero-order chi connectivity index (χ0) is 20.2. The molecular formula is C22H26N6OS. The molecule has 30 heavy (non-hydrogen) atoms. The van der Waals surface area contributed by atoms with Crippen LogP contribution >= 0.6 is 11.8 Å². The topological polar surface area (TPSA) is 61.5 Å². The fourth-order valence-electron chi connectivity index (χ4n) is 3.93. The quantitative estimate of drug-likeness (QED) is 0.622.